The third kappa shape index (κ3) is 5.53. The second-order valence-corrected chi connectivity index (χ2v) is 5.96. The molecule has 1 aliphatic heterocycles. The Morgan fingerprint density at radius 1 is 1.17 bits per heavy atom. The van der Waals surface area contributed by atoms with E-state index in [9.17, 15) is 9.59 Å². The van der Waals surface area contributed by atoms with Gasteiger partial charge in [0.2, 0.25) is 5.91 Å². The predicted octanol–water partition coefficient (Wildman–Crippen LogP) is 1.83. The smallest absolute Gasteiger partial charge is 0.265 e. The van der Waals surface area contributed by atoms with Crippen LogP contribution in [0.15, 0.2) is 24.3 Å². The van der Waals surface area contributed by atoms with Gasteiger partial charge in [0, 0.05) is 19.5 Å². The first kappa shape index (κ1) is 18.3. The van der Waals surface area contributed by atoms with Crippen LogP contribution >= 0.6 is 0 Å². The number of anilines is 1. The van der Waals surface area contributed by atoms with Gasteiger partial charge in [-0.1, -0.05) is 25.0 Å². The van der Waals surface area contributed by atoms with E-state index in [1.807, 2.05) is 24.3 Å². The van der Waals surface area contributed by atoms with Crippen LogP contribution in [0.2, 0.25) is 0 Å². The second-order valence-electron chi connectivity index (χ2n) is 5.96. The quantitative estimate of drug-likeness (QED) is 0.640. The van der Waals surface area contributed by atoms with Gasteiger partial charge in [-0.25, -0.2) is 0 Å². The molecule has 0 radical (unpaired) electrons. The highest BCUT2D eigenvalue weighted by molar-refractivity contribution is 5.97. The lowest BCUT2D eigenvalue weighted by Gasteiger charge is -2.29. The largest absolute Gasteiger partial charge is 0.482 e. The highest BCUT2D eigenvalue weighted by Crippen LogP contribution is 2.31. The number of amides is 2. The number of benzene rings is 1. The predicted molar refractivity (Wildman–Crippen MR) is 94.1 cm³/mol. The minimum absolute atomic E-state index is 0.0417. The van der Waals surface area contributed by atoms with Crippen LogP contribution in [0.4, 0.5) is 5.69 Å². The lowest BCUT2D eigenvalue weighted by Crippen LogP contribution is -2.40. The van der Waals surface area contributed by atoms with E-state index in [2.05, 4.69) is 5.32 Å². The van der Waals surface area contributed by atoms with Crippen molar-refractivity contribution < 1.29 is 14.3 Å². The highest BCUT2D eigenvalue weighted by Gasteiger charge is 2.24. The van der Waals surface area contributed by atoms with Crippen LogP contribution in [0.25, 0.3) is 0 Å². The van der Waals surface area contributed by atoms with E-state index in [1.165, 1.54) is 0 Å². The molecule has 132 valence electrons. The number of nitrogens with two attached hydrogens (primary N) is 1. The molecule has 1 aromatic rings. The molecule has 24 heavy (non-hydrogen) atoms. The lowest BCUT2D eigenvalue weighted by molar-refractivity contribution is -0.121. The van der Waals surface area contributed by atoms with Crippen LogP contribution in [0.5, 0.6) is 5.75 Å². The number of rotatable bonds is 10. The van der Waals surface area contributed by atoms with Crippen molar-refractivity contribution in [2.24, 2.45) is 5.73 Å². The fourth-order valence-corrected chi connectivity index (χ4v) is 2.74. The maximum Gasteiger partial charge on any atom is 0.265 e. The summed E-state index contributed by atoms with van der Waals surface area (Å²) in [5.41, 5.74) is 6.24. The maximum atomic E-state index is 12.0. The van der Waals surface area contributed by atoms with Crippen molar-refractivity contribution in [1.82, 2.24) is 5.32 Å². The molecule has 2 rings (SSSR count). The van der Waals surface area contributed by atoms with Crippen molar-refractivity contribution in [2.45, 2.75) is 38.5 Å². The zero-order valence-electron chi connectivity index (χ0n) is 14.1. The molecule has 0 unspecified atom stereocenters. The van der Waals surface area contributed by atoms with Crippen molar-refractivity contribution in [2.75, 3.05) is 31.1 Å². The van der Waals surface area contributed by atoms with Gasteiger partial charge >= 0.3 is 0 Å². The SMILES string of the molecule is NCCCCCCC(=O)NCCCN1C(=O)COc2ccccc21. The minimum atomic E-state index is -0.0417. The van der Waals surface area contributed by atoms with Crippen molar-refractivity contribution in [3.05, 3.63) is 24.3 Å². The zero-order chi connectivity index (χ0) is 17.2. The monoisotopic (exact) mass is 333 g/mol. The number of hydrogen-bond acceptors (Lipinski definition) is 4. The van der Waals surface area contributed by atoms with Gasteiger partial charge in [-0.2, -0.15) is 0 Å². The van der Waals surface area contributed by atoms with Gasteiger partial charge in [-0.3, -0.25) is 9.59 Å². The second kappa shape index (κ2) is 9.93. The molecule has 2 amide bonds. The molecule has 0 spiro atoms. The maximum absolute atomic E-state index is 12.0. The van der Waals surface area contributed by atoms with Crippen LogP contribution < -0.4 is 20.7 Å². The molecule has 3 N–H and O–H groups in total. The van der Waals surface area contributed by atoms with E-state index in [1.54, 1.807) is 4.90 Å². The van der Waals surface area contributed by atoms with Crippen LogP contribution in [-0.2, 0) is 9.59 Å². The molecule has 0 aliphatic carbocycles. The molecule has 1 heterocycles. The summed E-state index contributed by atoms with van der Waals surface area (Å²) in [6.07, 6.45) is 5.34. The summed E-state index contributed by atoms with van der Waals surface area (Å²) in [7, 11) is 0. The summed E-state index contributed by atoms with van der Waals surface area (Å²) in [6.45, 7) is 1.95. The Labute approximate surface area is 143 Å². The van der Waals surface area contributed by atoms with Crippen LogP contribution in [0, 0.1) is 0 Å². The summed E-state index contributed by atoms with van der Waals surface area (Å²) in [5.74, 6) is 0.773. The standard InChI is InChI=1S/C18H27N3O3/c19-11-6-2-1-3-10-17(22)20-12-7-13-21-15-8-4-5-9-16(15)24-14-18(21)23/h4-5,8-9H,1-3,6-7,10-14,19H2,(H,20,22). The number of unbranched alkanes of at least 4 members (excludes halogenated alkanes) is 3. The minimum Gasteiger partial charge on any atom is -0.482 e. The molecule has 0 aromatic heterocycles. The van der Waals surface area contributed by atoms with E-state index >= 15 is 0 Å². The Morgan fingerprint density at radius 2 is 1.96 bits per heavy atom. The summed E-state index contributed by atoms with van der Waals surface area (Å²) < 4.78 is 5.41. The first-order valence-electron chi connectivity index (χ1n) is 8.71. The van der Waals surface area contributed by atoms with Crippen molar-refractivity contribution in [3.63, 3.8) is 0 Å². The fraction of sp³-hybridized carbons (Fsp3) is 0.556. The molecule has 1 aromatic carbocycles. The molecular formula is C18H27N3O3. The van der Waals surface area contributed by atoms with Crippen LogP contribution in [0.3, 0.4) is 0 Å². The Morgan fingerprint density at radius 3 is 2.79 bits per heavy atom. The Hall–Kier alpha value is -2.08. The van der Waals surface area contributed by atoms with Crippen molar-refractivity contribution >= 4 is 17.5 Å². The summed E-state index contributed by atoms with van der Waals surface area (Å²) in [5, 5.41) is 2.92. The number of carbonyl (C=O) groups is 2. The normalized spacial score (nSPS) is 13.4. The lowest BCUT2D eigenvalue weighted by atomic mass is 10.1. The third-order valence-corrected chi connectivity index (χ3v) is 4.05. The van der Waals surface area contributed by atoms with Gasteiger partial charge in [-0.05, 0) is 37.9 Å². The summed E-state index contributed by atoms with van der Waals surface area (Å²) in [6, 6.07) is 7.52. The van der Waals surface area contributed by atoms with Gasteiger partial charge in [0.1, 0.15) is 5.75 Å². The number of nitrogens with zero attached hydrogens (tertiary/aromatic N) is 1. The average molecular weight is 333 g/mol. The van der Waals surface area contributed by atoms with Crippen LogP contribution in [-0.4, -0.2) is 38.1 Å². The van der Waals surface area contributed by atoms with Crippen molar-refractivity contribution in [1.29, 1.82) is 0 Å². The van der Waals surface area contributed by atoms with E-state index in [0.717, 1.165) is 50.1 Å². The topological polar surface area (TPSA) is 84.7 Å². The van der Waals surface area contributed by atoms with Crippen LogP contribution in [0.1, 0.15) is 38.5 Å². The van der Waals surface area contributed by atoms with Crippen molar-refractivity contribution in [3.8, 4) is 5.75 Å². The molecular weight excluding hydrogens is 306 g/mol. The molecule has 0 saturated carbocycles. The molecule has 0 fully saturated rings. The van der Waals surface area contributed by atoms with Gasteiger partial charge in [0.15, 0.2) is 6.61 Å². The zero-order valence-corrected chi connectivity index (χ0v) is 14.1. The highest BCUT2D eigenvalue weighted by atomic mass is 16.5. The Balaban J connectivity index is 1.65. The summed E-state index contributed by atoms with van der Waals surface area (Å²) >= 11 is 0. The van der Waals surface area contributed by atoms with Gasteiger partial charge in [0.05, 0.1) is 5.69 Å². The number of carbonyl (C=O) groups excluding carboxylic acids is 2. The molecule has 0 saturated heterocycles. The van der Waals surface area contributed by atoms with E-state index < -0.39 is 0 Å². The number of nitrogens with one attached hydrogen (secondary N) is 1. The number of ether oxygens (including phenoxy) is 1. The Bertz CT molecular complexity index is 548. The number of para-hydroxylation sites is 2. The van der Waals surface area contributed by atoms with E-state index in [-0.39, 0.29) is 18.4 Å². The van der Waals surface area contributed by atoms with Gasteiger partial charge < -0.3 is 20.7 Å². The first-order chi connectivity index (χ1) is 11.7. The molecule has 6 heteroatoms. The summed E-state index contributed by atoms with van der Waals surface area (Å²) in [4.78, 5) is 25.5. The number of hydrogen-bond donors (Lipinski definition) is 2. The molecule has 0 bridgehead atoms. The van der Waals surface area contributed by atoms with Gasteiger partial charge in [0.25, 0.3) is 5.91 Å². The number of fused-ring (bicyclic) bond motifs is 1. The molecule has 6 nitrogen and oxygen atoms in total. The fourth-order valence-electron chi connectivity index (χ4n) is 2.74. The van der Waals surface area contributed by atoms with E-state index in [4.69, 9.17) is 10.5 Å². The Kier molecular flexibility index (Phi) is 7.55. The van der Waals surface area contributed by atoms with E-state index in [0.29, 0.717) is 19.5 Å². The molecule has 1 aliphatic rings. The van der Waals surface area contributed by atoms with Gasteiger partial charge in [-0.15, -0.1) is 0 Å². The first-order valence-corrected chi connectivity index (χ1v) is 8.71. The average Bonchev–Trinajstić information content (AvgIpc) is 2.60. The molecule has 0 atom stereocenters. The third-order valence-electron chi connectivity index (χ3n) is 4.05.